The van der Waals surface area contributed by atoms with Crippen LogP contribution in [-0.4, -0.2) is 14.5 Å². The highest BCUT2D eigenvalue weighted by Crippen LogP contribution is 2.25. The molecule has 0 aliphatic carbocycles. The minimum Gasteiger partial charge on any atom is -0.398 e. The van der Waals surface area contributed by atoms with Crippen LogP contribution in [0.3, 0.4) is 0 Å². The van der Waals surface area contributed by atoms with Gasteiger partial charge in [0.05, 0.1) is 5.69 Å². The second-order valence-corrected chi connectivity index (χ2v) is 5.85. The molecule has 0 radical (unpaired) electrons. The third kappa shape index (κ3) is 2.54. The Balaban J connectivity index is 3.38. The van der Waals surface area contributed by atoms with Crippen LogP contribution >= 0.6 is 0 Å². The van der Waals surface area contributed by atoms with Crippen molar-refractivity contribution < 1.29 is 8.42 Å². The molecule has 0 bridgehead atoms. The number of rotatable bonds is 3. The number of sulfonamides is 1. The Morgan fingerprint density at radius 2 is 1.81 bits per heavy atom. The quantitative estimate of drug-likeness (QED) is 0.790. The van der Waals surface area contributed by atoms with E-state index in [1.807, 2.05) is 13.0 Å². The van der Waals surface area contributed by atoms with Crippen molar-refractivity contribution in [2.75, 3.05) is 5.73 Å². The minimum absolute atomic E-state index is 0.149. The van der Waals surface area contributed by atoms with Crippen LogP contribution in [0.1, 0.15) is 25.0 Å². The maximum absolute atomic E-state index is 12.0. The summed E-state index contributed by atoms with van der Waals surface area (Å²) in [5.41, 5.74) is 7.64. The van der Waals surface area contributed by atoms with Gasteiger partial charge in [-0.2, -0.15) is 0 Å². The van der Waals surface area contributed by atoms with Gasteiger partial charge in [0.15, 0.2) is 0 Å². The van der Waals surface area contributed by atoms with Gasteiger partial charge in [0.2, 0.25) is 10.0 Å². The lowest BCUT2D eigenvalue weighted by Crippen LogP contribution is -2.31. The first-order valence-electron chi connectivity index (χ1n) is 5.13. The first-order chi connectivity index (χ1) is 7.25. The molecular weight excluding hydrogens is 224 g/mol. The first-order valence-corrected chi connectivity index (χ1v) is 6.62. The van der Waals surface area contributed by atoms with E-state index in [1.54, 1.807) is 26.8 Å². The molecule has 0 aliphatic rings. The van der Waals surface area contributed by atoms with Crippen molar-refractivity contribution in [2.45, 2.75) is 38.6 Å². The predicted molar refractivity (Wildman–Crippen MR) is 65.8 cm³/mol. The summed E-state index contributed by atoms with van der Waals surface area (Å²) in [5, 5.41) is 0. The highest BCUT2D eigenvalue weighted by atomic mass is 32.2. The minimum atomic E-state index is -3.52. The molecule has 0 atom stereocenters. The van der Waals surface area contributed by atoms with E-state index in [9.17, 15) is 8.42 Å². The van der Waals surface area contributed by atoms with Gasteiger partial charge in [-0.15, -0.1) is 0 Å². The largest absolute Gasteiger partial charge is 0.398 e. The van der Waals surface area contributed by atoms with E-state index in [4.69, 9.17) is 5.73 Å². The van der Waals surface area contributed by atoms with Crippen LogP contribution in [0.5, 0.6) is 0 Å². The zero-order valence-electron chi connectivity index (χ0n) is 10.0. The van der Waals surface area contributed by atoms with E-state index in [0.717, 1.165) is 5.56 Å². The van der Waals surface area contributed by atoms with Crippen LogP contribution in [0, 0.1) is 13.8 Å². The molecule has 0 aromatic heterocycles. The number of hydrogen-bond acceptors (Lipinski definition) is 3. The summed E-state index contributed by atoms with van der Waals surface area (Å²) in [4.78, 5) is 0.196. The Morgan fingerprint density at radius 1 is 1.25 bits per heavy atom. The second kappa shape index (κ2) is 4.43. The number of nitrogen functional groups attached to an aromatic ring is 1. The Hall–Kier alpha value is -1.07. The van der Waals surface area contributed by atoms with Crippen LogP contribution in [0.2, 0.25) is 0 Å². The predicted octanol–water partition coefficient (Wildman–Crippen LogP) is 1.57. The summed E-state index contributed by atoms with van der Waals surface area (Å²) < 4.78 is 26.6. The van der Waals surface area contributed by atoms with Gasteiger partial charge in [0.1, 0.15) is 4.90 Å². The van der Waals surface area contributed by atoms with E-state index in [2.05, 4.69) is 4.72 Å². The zero-order chi connectivity index (χ0) is 12.5. The molecule has 1 aromatic rings. The molecule has 0 fully saturated rings. The molecule has 0 heterocycles. The fourth-order valence-electron chi connectivity index (χ4n) is 1.54. The standard InChI is InChI=1S/C11H18N2O2S/c1-7(2)13-16(14,15)11-9(4)8(3)5-6-10(11)12/h5-7,13H,12H2,1-4H3. The lowest BCUT2D eigenvalue weighted by Gasteiger charge is -2.15. The number of nitrogens with one attached hydrogen (secondary N) is 1. The van der Waals surface area contributed by atoms with Gasteiger partial charge in [-0.3, -0.25) is 0 Å². The van der Waals surface area contributed by atoms with Crippen LogP contribution in [-0.2, 0) is 10.0 Å². The molecule has 0 spiro atoms. The molecule has 0 saturated heterocycles. The van der Waals surface area contributed by atoms with E-state index in [0.29, 0.717) is 5.56 Å². The third-order valence-corrected chi connectivity index (χ3v) is 4.23. The second-order valence-electron chi connectivity index (χ2n) is 4.20. The number of benzene rings is 1. The van der Waals surface area contributed by atoms with Crippen LogP contribution < -0.4 is 10.5 Å². The number of anilines is 1. The van der Waals surface area contributed by atoms with Crippen LogP contribution in [0.25, 0.3) is 0 Å². The zero-order valence-corrected chi connectivity index (χ0v) is 10.9. The van der Waals surface area contributed by atoms with Gasteiger partial charge in [0.25, 0.3) is 0 Å². The van der Waals surface area contributed by atoms with Crippen molar-refractivity contribution in [3.05, 3.63) is 23.3 Å². The SMILES string of the molecule is Cc1ccc(N)c(S(=O)(=O)NC(C)C)c1C. The Morgan fingerprint density at radius 3 is 2.31 bits per heavy atom. The van der Waals surface area contributed by atoms with Crippen molar-refractivity contribution >= 4 is 15.7 Å². The molecule has 1 aromatic carbocycles. The topological polar surface area (TPSA) is 72.2 Å². The van der Waals surface area contributed by atoms with Gasteiger partial charge in [-0.1, -0.05) is 6.07 Å². The Labute approximate surface area is 96.9 Å². The summed E-state index contributed by atoms with van der Waals surface area (Å²) in [6, 6.07) is 3.29. The van der Waals surface area contributed by atoms with Crippen molar-refractivity contribution in [3.8, 4) is 0 Å². The van der Waals surface area contributed by atoms with Crippen molar-refractivity contribution in [3.63, 3.8) is 0 Å². The molecule has 90 valence electrons. The highest BCUT2D eigenvalue weighted by Gasteiger charge is 2.21. The van der Waals surface area contributed by atoms with E-state index in [1.165, 1.54) is 0 Å². The third-order valence-electron chi connectivity index (χ3n) is 2.37. The molecule has 0 amide bonds. The van der Waals surface area contributed by atoms with Gasteiger partial charge >= 0.3 is 0 Å². The van der Waals surface area contributed by atoms with E-state index >= 15 is 0 Å². The van der Waals surface area contributed by atoms with Crippen molar-refractivity contribution in [1.82, 2.24) is 4.72 Å². The number of hydrogen-bond donors (Lipinski definition) is 2. The van der Waals surface area contributed by atoms with Crippen molar-refractivity contribution in [1.29, 1.82) is 0 Å². The van der Waals surface area contributed by atoms with Gasteiger partial charge in [-0.05, 0) is 44.9 Å². The molecular formula is C11H18N2O2S. The summed E-state index contributed by atoms with van der Waals surface area (Å²) in [6.45, 7) is 7.18. The number of aryl methyl sites for hydroxylation is 1. The van der Waals surface area contributed by atoms with Gasteiger partial charge in [0, 0.05) is 6.04 Å². The molecule has 0 aliphatic heterocycles. The average Bonchev–Trinajstić information content (AvgIpc) is 2.09. The normalized spacial score (nSPS) is 12.1. The monoisotopic (exact) mass is 242 g/mol. The van der Waals surface area contributed by atoms with E-state index in [-0.39, 0.29) is 16.6 Å². The maximum Gasteiger partial charge on any atom is 0.243 e. The molecule has 0 saturated carbocycles. The van der Waals surface area contributed by atoms with Gasteiger partial charge in [-0.25, -0.2) is 13.1 Å². The summed E-state index contributed by atoms with van der Waals surface area (Å²) in [6.07, 6.45) is 0. The molecule has 5 heteroatoms. The Kier molecular flexibility index (Phi) is 3.60. The number of nitrogens with two attached hydrogens (primary N) is 1. The molecule has 3 N–H and O–H groups in total. The van der Waals surface area contributed by atoms with E-state index < -0.39 is 10.0 Å². The summed E-state index contributed by atoms with van der Waals surface area (Å²) in [7, 11) is -3.52. The van der Waals surface area contributed by atoms with Crippen molar-refractivity contribution in [2.24, 2.45) is 0 Å². The first kappa shape index (κ1) is 13.0. The van der Waals surface area contributed by atoms with Crippen LogP contribution in [0.4, 0.5) is 5.69 Å². The fourth-order valence-corrected chi connectivity index (χ4v) is 3.22. The van der Waals surface area contributed by atoms with Gasteiger partial charge < -0.3 is 5.73 Å². The average molecular weight is 242 g/mol. The highest BCUT2D eigenvalue weighted by molar-refractivity contribution is 7.89. The maximum atomic E-state index is 12.0. The molecule has 4 nitrogen and oxygen atoms in total. The summed E-state index contributed by atoms with van der Waals surface area (Å²) in [5.74, 6) is 0. The summed E-state index contributed by atoms with van der Waals surface area (Å²) >= 11 is 0. The fraction of sp³-hybridized carbons (Fsp3) is 0.455. The molecule has 16 heavy (non-hydrogen) atoms. The lowest BCUT2D eigenvalue weighted by molar-refractivity contribution is 0.569. The molecule has 1 rings (SSSR count). The smallest absolute Gasteiger partial charge is 0.243 e. The molecule has 0 unspecified atom stereocenters. The van der Waals surface area contributed by atoms with Crippen LogP contribution in [0.15, 0.2) is 17.0 Å². The Bertz CT molecular complexity index is 493. The lowest BCUT2D eigenvalue weighted by atomic mass is 10.1.